The number of amides is 4. The molecule has 41 heavy (non-hydrogen) atoms. The molecule has 0 unspecified atom stereocenters. The molecule has 0 bridgehead atoms. The van der Waals surface area contributed by atoms with Crippen molar-refractivity contribution in [1.29, 1.82) is 0 Å². The van der Waals surface area contributed by atoms with Gasteiger partial charge in [-0.15, -0.1) is 0 Å². The molecule has 0 spiro atoms. The zero-order valence-electron chi connectivity index (χ0n) is 23.9. The predicted molar refractivity (Wildman–Crippen MR) is 155 cm³/mol. The van der Waals surface area contributed by atoms with Crippen LogP contribution in [0.2, 0.25) is 0 Å². The zero-order valence-corrected chi connectivity index (χ0v) is 23.9. The molecule has 1 saturated heterocycles. The number of hydrogen-bond acceptors (Lipinski definition) is 6. The quantitative estimate of drug-likeness (QED) is 0.443. The van der Waals surface area contributed by atoms with Crippen LogP contribution in [0.25, 0.3) is 11.0 Å². The molecule has 10 heteroatoms. The maximum atomic E-state index is 13.5. The molecule has 1 saturated carbocycles. The van der Waals surface area contributed by atoms with Crippen LogP contribution in [0.3, 0.4) is 0 Å². The highest BCUT2D eigenvalue weighted by atomic mass is 16.3. The fourth-order valence-corrected chi connectivity index (χ4v) is 5.70. The zero-order chi connectivity index (χ0) is 29.1. The number of nitrogens with one attached hydrogen (secondary N) is 2. The number of benzene rings is 1. The molecule has 3 heterocycles. The van der Waals surface area contributed by atoms with Gasteiger partial charge in [0.2, 0.25) is 23.5 Å². The molecule has 0 atom stereocenters. The maximum absolute atomic E-state index is 13.5. The second-order valence-corrected chi connectivity index (χ2v) is 11.3. The minimum atomic E-state index is -0.539. The van der Waals surface area contributed by atoms with Crippen molar-refractivity contribution >= 4 is 46.1 Å². The Balaban J connectivity index is 1.40. The maximum Gasteiger partial charge on any atom is 0.294 e. The van der Waals surface area contributed by atoms with Crippen LogP contribution in [0.15, 0.2) is 40.9 Å². The lowest BCUT2D eigenvalue weighted by Crippen LogP contribution is -2.35. The van der Waals surface area contributed by atoms with Crippen molar-refractivity contribution in [2.45, 2.75) is 51.9 Å². The van der Waals surface area contributed by atoms with Gasteiger partial charge in [-0.2, -0.15) is 0 Å². The van der Waals surface area contributed by atoms with Gasteiger partial charge in [-0.05, 0) is 74.8 Å². The van der Waals surface area contributed by atoms with Gasteiger partial charge in [0.25, 0.3) is 5.91 Å². The van der Waals surface area contributed by atoms with Crippen LogP contribution in [0.4, 0.5) is 11.5 Å². The van der Waals surface area contributed by atoms with Crippen LogP contribution >= 0.6 is 0 Å². The lowest BCUT2D eigenvalue weighted by atomic mass is 9.81. The summed E-state index contributed by atoms with van der Waals surface area (Å²) in [6.45, 7) is 3.45. The number of likely N-dealkylation sites (tertiary alicyclic amines) is 1. The van der Waals surface area contributed by atoms with E-state index in [0.29, 0.717) is 42.5 Å². The van der Waals surface area contributed by atoms with Gasteiger partial charge < -0.3 is 24.9 Å². The highest BCUT2D eigenvalue weighted by molar-refractivity contribution is 6.14. The molecule has 4 amide bonds. The number of aryl methyl sites for hydroxylation is 1. The topological polar surface area (TPSA) is 125 Å². The van der Waals surface area contributed by atoms with Crippen molar-refractivity contribution in [3.05, 3.63) is 53.4 Å². The summed E-state index contributed by atoms with van der Waals surface area (Å²) in [4.78, 5) is 59.8. The summed E-state index contributed by atoms with van der Waals surface area (Å²) in [5.41, 5.74) is 2.44. The molecule has 0 radical (unpaired) electrons. The van der Waals surface area contributed by atoms with E-state index in [2.05, 4.69) is 15.6 Å². The average Bonchev–Trinajstić information content (AvgIpc) is 3.63. The summed E-state index contributed by atoms with van der Waals surface area (Å²) in [5, 5.41) is 6.29. The van der Waals surface area contributed by atoms with Crippen LogP contribution < -0.4 is 10.6 Å². The number of hydrogen-bond donors (Lipinski definition) is 2. The van der Waals surface area contributed by atoms with Crippen LogP contribution in [0.5, 0.6) is 0 Å². The van der Waals surface area contributed by atoms with Gasteiger partial charge in [-0.1, -0.05) is 12.1 Å². The van der Waals surface area contributed by atoms with E-state index >= 15 is 0 Å². The summed E-state index contributed by atoms with van der Waals surface area (Å²) in [5.74, 6) is -0.655. The van der Waals surface area contributed by atoms with Crippen LogP contribution in [-0.2, 0) is 20.8 Å². The Morgan fingerprint density at radius 3 is 2.34 bits per heavy atom. The van der Waals surface area contributed by atoms with Crippen LogP contribution in [0, 0.1) is 18.8 Å². The van der Waals surface area contributed by atoms with E-state index in [1.54, 1.807) is 37.3 Å². The Morgan fingerprint density at radius 1 is 0.976 bits per heavy atom. The van der Waals surface area contributed by atoms with Gasteiger partial charge in [0, 0.05) is 50.6 Å². The third kappa shape index (κ3) is 6.42. The molecule has 1 aromatic carbocycles. The highest BCUT2D eigenvalue weighted by Gasteiger charge is 2.32. The van der Waals surface area contributed by atoms with Crippen LogP contribution in [-0.4, -0.2) is 65.6 Å². The molecule has 2 fully saturated rings. The Hall–Kier alpha value is -4.21. The first kappa shape index (κ1) is 28.3. The summed E-state index contributed by atoms with van der Waals surface area (Å²) in [6, 6.07) is 8.90. The number of nitrogens with zero attached hydrogens (tertiary/aromatic N) is 3. The smallest absolute Gasteiger partial charge is 0.294 e. The number of carbonyl (C=O) groups excluding carboxylic acids is 4. The first-order chi connectivity index (χ1) is 19.7. The minimum Gasteiger partial charge on any atom is -0.449 e. The van der Waals surface area contributed by atoms with Crippen molar-refractivity contribution in [1.82, 2.24) is 14.8 Å². The van der Waals surface area contributed by atoms with Crippen molar-refractivity contribution in [2.75, 3.05) is 37.8 Å². The number of aromatic nitrogens is 1. The van der Waals surface area contributed by atoms with E-state index in [-0.39, 0.29) is 47.4 Å². The van der Waals surface area contributed by atoms with E-state index in [9.17, 15) is 19.2 Å². The summed E-state index contributed by atoms with van der Waals surface area (Å²) in [6.07, 6.45) is 6.34. The fourth-order valence-electron chi connectivity index (χ4n) is 5.70. The molecule has 3 aromatic rings. The molecule has 5 rings (SSSR count). The van der Waals surface area contributed by atoms with Crippen molar-refractivity contribution in [3.8, 4) is 0 Å². The second-order valence-electron chi connectivity index (χ2n) is 11.3. The number of pyridine rings is 1. The van der Waals surface area contributed by atoms with Gasteiger partial charge >= 0.3 is 0 Å². The molecule has 1 aliphatic heterocycles. The van der Waals surface area contributed by atoms with E-state index in [4.69, 9.17) is 4.42 Å². The van der Waals surface area contributed by atoms with E-state index in [1.165, 1.54) is 0 Å². The molecular formula is C31H37N5O5. The van der Waals surface area contributed by atoms with E-state index in [0.717, 1.165) is 37.1 Å². The standard InChI is InChI=1S/C31H37N5O5/c1-19-6-13-25(32-18-19)33-30(39)28-27(34-29(38)21-8-10-22(11-9-21)31(40)35(2)3)23-16-20(7-12-24(23)41-28)17-26(37)36-14-4-5-15-36/h6-7,12-13,16,18,21-22H,4-5,8-11,14-15,17H2,1-3H3,(H,34,38)(H,32,33,39). The second kappa shape index (κ2) is 12.1. The summed E-state index contributed by atoms with van der Waals surface area (Å²) in [7, 11) is 3.49. The van der Waals surface area contributed by atoms with Gasteiger partial charge in [-0.3, -0.25) is 19.2 Å². The van der Waals surface area contributed by atoms with Crippen molar-refractivity contribution in [3.63, 3.8) is 0 Å². The van der Waals surface area contributed by atoms with E-state index in [1.807, 2.05) is 30.0 Å². The summed E-state index contributed by atoms with van der Waals surface area (Å²) < 4.78 is 5.98. The Kier molecular flexibility index (Phi) is 8.37. The first-order valence-electron chi connectivity index (χ1n) is 14.3. The molecule has 10 nitrogen and oxygen atoms in total. The average molecular weight is 560 g/mol. The number of carbonyl (C=O) groups is 4. The van der Waals surface area contributed by atoms with Crippen molar-refractivity contribution in [2.24, 2.45) is 11.8 Å². The number of rotatable bonds is 7. The van der Waals surface area contributed by atoms with Gasteiger partial charge in [0.1, 0.15) is 17.1 Å². The van der Waals surface area contributed by atoms with E-state index < -0.39 is 5.91 Å². The van der Waals surface area contributed by atoms with Crippen LogP contribution in [0.1, 0.15) is 60.2 Å². The third-order valence-corrected chi connectivity index (χ3v) is 8.06. The minimum absolute atomic E-state index is 0.0322. The van der Waals surface area contributed by atoms with Crippen molar-refractivity contribution < 1.29 is 23.6 Å². The largest absolute Gasteiger partial charge is 0.449 e. The lowest BCUT2D eigenvalue weighted by Gasteiger charge is -2.28. The fraction of sp³-hybridized carbons (Fsp3) is 0.452. The number of anilines is 2. The highest BCUT2D eigenvalue weighted by Crippen LogP contribution is 2.35. The van der Waals surface area contributed by atoms with Gasteiger partial charge in [-0.25, -0.2) is 4.98 Å². The summed E-state index contributed by atoms with van der Waals surface area (Å²) >= 11 is 0. The molecule has 2 aliphatic rings. The van der Waals surface area contributed by atoms with Gasteiger partial charge in [0.05, 0.1) is 6.42 Å². The molecular weight excluding hydrogens is 522 g/mol. The van der Waals surface area contributed by atoms with Gasteiger partial charge in [0.15, 0.2) is 0 Å². The Bertz CT molecular complexity index is 1450. The molecule has 2 aromatic heterocycles. The number of furan rings is 1. The Labute approximate surface area is 239 Å². The molecule has 216 valence electrons. The monoisotopic (exact) mass is 559 g/mol. The third-order valence-electron chi connectivity index (χ3n) is 8.06. The normalized spacial score (nSPS) is 18.8. The first-order valence-corrected chi connectivity index (χ1v) is 14.3. The molecule has 1 aliphatic carbocycles. The number of fused-ring (bicyclic) bond motifs is 1. The Morgan fingerprint density at radius 2 is 1.68 bits per heavy atom. The SMILES string of the molecule is Cc1ccc(NC(=O)c2oc3ccc(CC(=O)N4CCCC4)cc3c2NC(=O)C2CCC(C(=O)N(C)C)CC2)nc1. The predicted octanol–water partition coefficient (Wildman–Crippen LogP) is 4.39. The lowest BCUT2D eigenvalue weighted by molar-refractivity contribution is -0.135. The molecule has 2 N–H and O–H groups in total.